The maximum Gasteiger partial charge on any atom is 0.343 e. The number of phenolic OH excluding ortho intramolecular Hbond substituents is 1. The van der Waals surface area contributed by atoms with Crippen molar-refractivity contribution in [1.82, 2.24) is 0 Å². The Morgan fingerprint density at radius 1 is 1.14 bits per heavy atom. The van der Waals surface area contributed by atoms with Gasteiger partial charge in [-0.1, -0.05) is 6.07 Å². The lowest BCUT2D eigenvalue weighted by Crippen LogP contribution is -2.12. The van der Waals surface area contributed by atoms with Crippen molar-refractivity contribution in [2.24, 2.45) is 4.99 Å². The number of halogens is 4. The number of carbonyl (C=O) groups is 1. The van der Waals surface area contributed by atoms with E-state index in [-0.39, 0.29) is 24.1 Å². The molecular formula is C19H15F4NO4. The number of aliphatic imine (C=N–C) groups is 1. The summed E-state index contributed by atoms with van der Waals surface area (Å²) in [6.45, 7) is 3.03. The quantitative estimate of drug-likeness (QED) is 0.148. The van der Waals surface area contributed by atoms with Crippen LogP contribution in [0.1, 0.15) is 18.1 Å². The van der Waals surface area contributed by atoms with E-state index in [0.29, 0.717) is 5.56 Å². The lowest BCUT2D eigenvalue weighted by Gasteiger charge is -2.09. The second kappa shape index (κ2) is 8.55. The summed E-state index contributed by atoms with van der Waals surface area (Å²) in [5, 5.41) is 20.0. The third-order valence-electron chi connectivity index (χ3n) is 3.57. The Bertz CT molecular complexity index is 986. The van der Waals surface area contributed by atoms with Crippen molar-refractivity contribution in [1.29, 1.82) is 0 Å². The van der Waals surface area contributed by atoms with Crippen LogP contribution in [0.3, 0.4) is 0 Å². The molecule has 0 aliphatic rings. The van der Waals surface area contributed by atoms with E-state index in [1.807, 2.05) is 0 Å². The molecule has 2 aromatic carbocycles. The molecule has 0 saturated carbocycles. The molecule has 2 aromatic rings. The summed E-state index contributed by atoms with van der Waals surface area (Å²) in [6.07, 6.45) is 0.737. The molecule has 0 radical (unpaired) electrons. The normalized spacial score (nSPS) is 12.2. The lowest BCUT2D eigenvalue weighted by molar-refractivity contribution is -0.137. The number of aliphatic hydroxyl groups excluding tert-OH is 1. The minimum absolute atomic E-state index is 0.00605. The fraction of sp³-hybridized carbons (Fsp3) is 0.158. The zero-order chi connectivity index (χ0) is 21.0. The van der Waals surface area contributed by atoms with Gasteiger partial charge in [-0.25, -0.2) is 22.4 Å². The van der Waals surface area contributed by atoms with Gasteiger partial charge in [0.1, 0.15) is 22.8 Å². The summed E-state index contributed by atoms with van der Waals surface area (Å²) in [4.78, 5) is 15.9. The Labute approximate surface area is 157 Å². The molecule has 0 heterocycles. The van der Waals surface area contributed by atoms with E-state index in [0.717, 1.165) is 6.21 Å². The van der Waals surface area contributed by atoms with Crippen molar-refractivity contribution in [3.05, 3.63) is 64.2 Å². The molecular weight excluding hydrogens is 382 g/mol. The molecule has 2 rings (SSSR count). The summed E-state index contributed by atoms with van der Waals surface area (Å²) >= 11 is 0. The fourth-order valence-electron chi connectivity index (χ4n) is 2.18. The Hall–Kier alpha value is -3.36. The van der Waals surface area contributed by atoms with Gasteiger partial charge in [0.15, 0.2) is 23.3 Å². The molecule has 5 nitrogen and oxygen atoms in total. The average Bonchev–Trinajstić information content (AvgIpc) is 2.65. The minimum atomic E-state index is -2.15. The van der Waals surface area contributed by atoms with Crippen LogP contribution in [-0.2, 0) is 9.53 Å². The van der Waals surface area contributed by atoms with Gasteiger partial charge >= 0.3 is 5.97 Å². The predicted molar refractivity (Wildman–Crippen MR) is 93.5 cm³/mol. The fourth-order valence-corrected chi connectivity index (χ4v) is 2.18. The van der Waals surface area contributed by atoms with Gasteiger partial charge in [0.25, 0.3) is 0 Å². The van der Waals surface area contributed by atoms with E-state index >= 15 is 0 Å². The van der Waals surface area contributed by atoms with Crippen LogP contribution in [0.25, 0.3) is 5.76 Å². The first-order valence-electron chi connectivity index (χ1n) is 7.94. The van der Waals surface area contributed by atoms with Crippen LogP contribution < -0.4 is 0 Å². The van der Waals surface area contributed by atoms with Gasteiger partial charge in [0, 0.05) is 6.21 Å². The molecule has 148 valence electrons. The largest absolute Gasteiger partial charge is 0.506 e. The highest BCUT2D eigenvalue weighted by atomic mass is 19.2. The van der Waals surface area contributed by atoms with E-state index in [2.05, 4.69) is 4.99 Å². The Morgan fingerprint density at radius 3 is 2.46 bits per heavy atom. The van der Waals surface area contributed by atoms with Gasteiger partial charge in [-0.15, -0.1) is 0 Å². The van der Waals surface area contributed by atoms with Gasteiger partial charge in [-0.05, 0) is 37.6 Å². The topological polar surface area (TPSA) is 79.1 Å². The molecule has 0 aliphatic heterocycles. The molecule has 0 fully saturated rings. The molecule has 0 saturated heterocycles. The van der Waals surface area contributed by atoms with Crippen LogP contribution in [0.5, 0.6) is 5.75 Å². The zero-order valence-corrected chi connectivity index (χ0v) is 14.8. The van der Waals surface area contributed by atoms with E-state index in [1.165, 1.54) is 19.1 Å². The number of benzene rings is 2. The second-order valence-electron chi connectivity index (χ2n) is 5.58. The molecule has 0 amide bonds. The van der Waals surface area contributed by atoms with E-state index in [9.17, 15) is 32.6 Å². The van der Waals surface area contributed by atoms with Gasteiger partial charge < -0.3 is 14.9 Å². The van der Waals surface area contributed by atoms with Gasteiger partial charge in [0.2, 0.25) is 0 Å². The molecule has 28 heavy (non-hydrogen) atoms. The molecule has 0 spiro atoms. The number of phenols is 1. The second-order valence-corrected chi connectivity index (χ2v) is 5.58. The number of esters is 1. The first-order valence-corrected chi connectivity index (χ1v) is 7.94. The van der Waals surface area contributed by atoms with Crippen LogP contribution in [-0.4, -0.2) is 29.0 Å². The predicted octanol–water partition coefficient (Wildman–Crippen LogP) is 4.49. The van der Waals surface area contributed by atoms with Gasteiger partial charge in [-0.2, -0.15) is 0 Å². The molecule has 0 bridgehead atoms. The van der Waals surface area contributed by atoms with Gasteiger partial charge in [0.05, 0.1) is 12.2 Å². The maximum atomic E-state index is 14.0. The van der Waals surface area contributed by atoms with Crippen molar-refractivity contribution in [3.8, 4) is 5.75 Å². The van der Waals surface area contributed by atoms with E-state index in [4.69, 9.17) is 4.74 Å². The van der Waals surface area contributed by atoms with Crippen molar-refractivity contribution in [3.63, 3.8) is 0 Å². The van der Waals surface area contributed by atoms with Crippen molar-refractivity contribution in [2.45, 2.75) is 13.8 Å². The molecule has 0 aliphatic carbocycles. The van der Waals surface area contributed by atoms with Crippen molar-refractivity contribution in [2.75, 3.05) is 6.61 Å². The first-order chi connectivity index (χ1) is 13.2. The Kier molecular flexibility index (Phi) is 6.40. The first kappa shape index (κ1) is 20.9. The van der Waals surface area contributed by atoms with Crippen molar-refractivity contribution >= 4 is 23.6 Å². The maximum absolute atomic E-state index is 14.0. The van der Waals surface area contributed by atoms with Crippen LogP contribution in [0.2, 0.25) is 0 Å². The number of carbonyl (C=O) groups excluding carboxylic acids is 1. The monoisotopic (exact) mass is 397 g/mol. The van der Waals surface area contributed by atoms with E-state index in [1.54, 1.807) is 13.0 Å². The number of rotatable bonds is 5. The highest BCUT2D eigenvalue weighted by Gasteiger charge is 2.25. The third-order valence-corrected chi connectivity index (χ3v) is 3.57. The number of hydrogen-bond donors (Lipinski definition) is 2. The lowest BCUT2D eigenvalue weighted by atomic mass is 10.1. The highest BCUT2D eigenvalue weighted by molar-refractivity contribution is 6.15. The standard InChI is InChI=1S/C19H15F4NO4/c1-3-28-19(27)11(8-24-13-6-9(2)4-5-14(13)25)18(26)10-7-12(20)16(22)17(23)15(10)21/h4-8,25-26H,3H2,1-2H3. The van der Waals surface area contributed by atoms with E-state index < -0.39 is 46.1 Å². The molecule has 2 N–H and O–H groups in total. The Morgan fingerprint density at radius 2 is 1.82 bits per heavy atom. The molecule has 0 atom stereocenters. The average molecular weight is 397 g/mol. The van der Waals surface area contributed by atoms with Crippen LogP contribution in [0.4, 0.5) is 23.2 Å². The summed E-state index contributed by atoms with van der Waals surface area (Å²) in [5.74, 6) is -10.5. The molecule has 0 unspecified atom stereocenters. The summed E-state index contributed by atoms with van der Waals surface area (Å²) in [7, 11) is 0. The molecule has 9 heteroatoms. The Balaban J connectivity index is 2.64. The van der Waals surface area contributed by atoms with Crippen LogP contribution in [0, 0.1) is 30.2 Å². The van der Waals surface area contributed by atoms with Crippen molar-refractivity contribution < 1.29 is 37.3 Å². The summed E-state index contributed by atoms with van der Waals surface area (Å²) in [5.41, 5.74) is -1.14. The van der Waals surface area contributed by atoms with Gasteiger partial charge in [-0.3, -0.25) is 4.99 Å². The number of aromatic hydroxyl groups is 1. The summed E-state index contributed by atoms with van der Waals surface area (Å²) < 4.78 is 58.7. The number of ether oxygens (including phenoxy) is 1. The summed E-state index contributed by atoms with van der Waals surface area (Å²) in [6, 6.07) is 4.57. The third kappa shape index (κ3) is 4.30. The number of aryl methyl sites for hydroxylation is 1. The number of aliphatic hydroxyl groups is 1. The SMILES string of the molecule is CCOC(=O)C(C=Nc1cc(C)ccc1O)=C(O)c1cc(F)c(F)c(F)c1F. The van der Waals surface area contributed by atoms with Crippen LogP contribution >= 0.6 is 0 Å². The smallest absolute Gasteiger partial charge is 0.343 e. The highest BCUT2D eigenvalue weighted by Crippen LogP contribution is 2.28. The number of nitrogens with zero attached hydrogens (tertiary/aromatic N) is 1. The number of hydrogen-bond acceptors (Lipinski definition) is 5. The molecule has 0 aromatic heterocycles. The zero-order valence-electron chi connectivity index (χ0n) is 14.8. The van der Waals surface area contributed by atoms with Crippen LogP contribution in [0.15, 0.2) is 34.8 Å². The minimum Gasteiger partial charge on any atom is -0.506 e.